The number of aromatic nitrogens is 3. The van der Waals surface area contributed by atoms with Crippen LogP contribution in [0.4, 0.5) is 0 Å². The molecule has 0 fully saturated rings. The third kappa shape index (κ3) is 3.69. The summed E-state index contributed by atoms with van der Waals surface area (Å²) in [6.45, 7) is 5.06. The molecule has 0 saturated carbocycles. The lowest BCUT2D eigenvalue weighted by Gasteiger charge is -2.05. The largest absolute Gasteiger partial charge is 0.346 e. The third-order valence-corrected chi connectivity index (χ3v) is 5.79. The van der Waals surface area contributed by atoms with Crippen molar-refractivity contribution in [2.45, 2.75) is 24.7 Å². The van der Waals surface area contributed by atoms with Crippen LogP contribution < -0.4 is 0 Å². The number of nitrogens with zero attached hydrogens (tertiary/aromatic N) is 4. The number of aryl methyl sites for hydroxylation is 1. The molecule has 29 heavy (non-hydrogen) atoms. The van der Waals surface area contributed by atoms with E-state index >= 15 is 0 Å². The van der Waals surface area contributed by atoms with E-state index in [0.29, 0.717) is 30.8 Å². The summed E-state index contributed by atoms with van der Waals surface area (Å²) in [5.41, 5.74) is 3.63. The minimum absolute atomic E-state index is 0.0547. The van der Waals surface area contributed by atoms with Gasteiger partial charge in [-0.15, -0.1) is 6.58 Å². The van der Waals surface area contributed by atoms with Crippen LogP contribution in [0.3, 0.4) is 0 Å². The summed E-state index contributed by atoms with van der Waals surface area (Å²) in [5.74, 6) is 0.353. The Labute approximate surface area is 173 Å². The molecule has 2 heterocycles. The Morgan fingerprint density at radius 1 is 1.17 bits per heavy atom. The van der Waals surface area contributed by atoms with E-state index in [4.69, 9.17) is 5.26 Å². The van der Waals surface area contributed by atoms with Crippen molar-refractivity contribution in [3.8, 4) is 6.07 Å². The Morgan fingerprint density at radius 2 is 1.93 bits per heavy atom. The molecule has 0 bridgehead atoms. The fraction of sp³-hybridized carbons (Fsp3) is 0.174. The van der Waals surface area contributed by atoms with Crippen molar-refractivity contribution in [1.82, 2.24) is 14.1 Å². The maximum Gasteiger partial charge on any atom is 0.175 e. The molecule has 0 amide bonds. The Bertz CT molecular complexity index is 1240. The predicted molar refractivity (Wildman–Crippen MR) is 117 cm³/mol. The molecule has 0 unspecified atom stereocenters. The lowest BCUT2D eigenvalue weighted by molar-refractivity contribution is 0.102. The maximum atomic E-state index is 13.0. The normalized spacial score (nSPS) is 11.0. The lowest BCUT2D eigenvalue weighted by atomic mass is 10.1. The van der Waals surface area contributed by atoms with E-state index in [1.54, 1.807) is 0 Å². The van der Waals surface area contributed by atoms with Gasteiger partial charge in [-0.25, -0.2) is 4.98 Å². The van der Waals surface area contributed by atoms with Gasteiger partial charge < -0.3 is 9.13 Å². The van der Waals surface area contributed by atoms with Crippen molar-refractivity contribution < 1.29 is 4.79 Å². The fourth-order valence-electron chi connectivity index (χ4n) is 3.50. The topological polar surface area (TPSA) is 63.6 Å². The van der Waals surface area contributed by atoms with Gasteiger partial charge in [0.1, 0.15) is 0 Å². The molecular formula is C23H20N4OS. The summed E-state index contributed by atoms with van der Waals surface area (Å²) in [4.78, 5) is 17.7. The van der Waals surface area contributed by atoms with Gasteiger partial charge in [0.25, 0.3) is 0 Å². The molecule has 2 aromatic carbocycles. The molecule has 0 aliphatic rings. The van der Waals surface area contributed by atoms with Gasteiger partial charge in [-0.05, 0) is 18.2 Å². The van der Waals surface area contributed by atoms with E-state index in [1.165, 1.54) is 11.8 Å². The van der Waals surface area contributed by atoms with Gasteiger partial charge in [0, 0.05) is 35.8 Å². The summed E-state index contributed by atoms with van der Waals surface area (Å²) in [6, 6.07) is 18.0. The molecule has 2 aromatic heterocycles. The highest BCUT2D eigenvalue weighted by Gasteiger charge is 2.17. The van der Waals surface area contributed by atoms with Crippen LogP contribution in [-0.2, 0) is 13.1 Å². The quantitative estimate of drug-likeness (QED) is 0.235. The van der Waals surface area contributed by atoms with Crippen molar-refractivity contribution >= 4 is 39.5 Å². The molecule has 0 aliphatic carbocycles. The summed E-state index contributed by atoms with van der Waals surface area (Å²) < 4.78 is 4.07. The first kappa shape index (κ1) is 19.0. The lowest BCUT2D eigenvalue weighted by Crippen LogP contribution is -2.04. The molecule has 6 heteroatoms. The monoisotopic (exact) mass is 400 g/mol. The summed E-state index contributed by atoms with van der Waals surface area (Å²) in [6.07, 6.45) is 4.12. The van der Waals surface area contributed by atoms with Gasteiger partial charge in [0.2, 0.25) is 0 Å². The first-order valence-electron chi connectivity index (χ1n) is 9.40. The number of hydrogen-bond acceptors (Lipinski definition) is 4. The fourth-order valence-corrected chi connectivity index (χ4v) is 4.41. The Morgan fingerprint density at radius 3 is 2.72 bits per heavy atom. The van der Waals surface area contributed by atoms with Crippen LogP contribution in [0.5, 0.6) is 0 Å². The zero-order valence-electron chi connectivity index (χ0n) is 15.9. The molecule has 0 aliphatic heterocycles. The van der Waals surface area contributed by atoms with Gasteiger partial charge in [-0.2, -0.15) is 5.26 Å². The number of benzene rings is 2. The molecule has 5 nitrogen and oxygen atoms in total. The number of carbonyl (C=O) groups excluding carboxylic acids is 1. The van der Waals surface area contributed by atoms with E-state index in [1.807, 2.05) is 65.4 Å². The minimum Gasteiger partial charge on any atom is -0.346 e. The number of carbonyl (C=O) groups is 1. The van der Waals surface area contributed by atoms with Gasteiger partial charge in [0.15, 0.2) is 10.9 Å². The summed E-state index contributed by atoms with van der Waals surface area (Å²) in [7, 11) is 0. The van der Waals surface area contributed by atoms with Crippen molar-refractivity contribution in [2.75, 3.05) is 5.75 Å². The zero-order valence-corrected chi connectivity index (χ0v) is 16.7. The van der Waals surface area contributed by atoms with Crippen LogP contribution in [-0.4, -0.2) is 25.7 Å². The van der Waals surface area contributed by atoms with Crippen molar-refractivity contribution in [1.29, 1.82) is 5.26 Å². The number of imidazole rings is 1. The smallest absolute Gasteiger partial charge is 0.175 e. The van der Waals surface area contributed by atoms with E-state index < -0.39 is 0 Å². The highest BCUT2D eigenvalue weighted by atomic mass is 32.2. The van der Waals surface area contributed by atoms with Gasteiger partial charge in [-0.1, -0.05) is 48.2 Å². The van der Waals surface area contributed by atoms with Crippen LogP contribution in [0.1, 0.15) is 16.8 Å². The Kier molecular flexibility index (Phi) is 5.50. The Hall–Kier alpha value is -3.30. The average Bonchev–Trinajstić information content (AvgIpc) is 3.29. The third-order valence-electron chi connectivity index (χ3n) is 4.82. The highest BCUT2D eigenvalue weighted by Crippen LogP contribution is 2.27. The number of para-hydroxylation sites is 3. The van der Waals surface area contributed by atoms with Crippen LogP contribution >= 0.6 is 11.8 Å². The number of allylic oxidation sites excluding steroid dienone is 1. The summed E-state index contributed by atoms with van der Waals surface area (Å²) in [5, 5.41) is 10.6. The van der Waals surface area contributed by atoms with Crippen molar-refractivity contribution in [3.63, 3.8) is 0 Å². The van der Waals surface area contributed by atoms with E-state index in [-0.39, 0.29) is 5.78 Å². The summed E-state index contributed by atoms with van der Waals surface area (Å²) >= 11 is 1.44. The number of hydrogen-bond donors (Lipinski definition) is 0. The van der Waals surface area contributed by atoms with Crippen LogP contribution in [0.15, 0.2) is 72.5 Å². The first-order valence-corrected chi connectivity index (χ1v) is 10.4. The van der Waals surface area contributed by atoms with E-state index in [9.17, 15) is 4.79 Å². The molecular weight excluding hydrogens is 380 g/mol. The van der Waals surface area contributed by atoms with Crippen LogP contribution in [0.25, 0.3) is 21.9 Å². The number of nitriles is 1. The molecule has 4 rings (SSSR count). The molecule has 4 aromatic rings. The number of ketones is 1. The molecule has 0 saturated heterocycles. The predicted octanol–water partition coefficient (Wildman–Crippen LogP) is 5.07. The number of fused-ring (bicyclic) bond motifs is 2. The minimum atomic E-state index is 0.0547. The van der Waals surface area contributed by atoms with Crippen LogP contribution in [0.2, 0.25) is 0 Å². The SMILES string of the molecule is C=CCn1c(SCC(=O)c2cn(CCC#N)c3ccccc23)nc2ccccc21. The second-order valence-electron chi connectivity index (χ2n) is 6.66. The van der Waals surface area contributed by atoms with Crippen LogP contribution in [0, 0.1) is 11.3 Å². The van der Waals surface area contributed by atoms with E-state index in [2.05, 4.69) is 22.2 Å². The zero-order chi connectivity index (χ0) is 20.2. The van der Waals surface area contributed by atoms with Gasteiger partial charge in [-0.3, -0.25) is 4.79 Å². The molecule has 0 atom stereocenters. The number of thioether (sulfide) groups is 1. The van der Waals surface area contributed by atoms with E-state index in [0.717, 1.165) is 27.1 Å². The number of Topliss-reactive ketones (excluding diaryl/α,β-unsaturated/α-hetero) is 1. The van der Waals surface area contributed by atoms with Crippen molar-refractivity contribution in [2.24, 2.45) is 0 Å². The molecule has 0 spiro atoms. The van der Waals surface area contributed by atoms with Gasteiger partial charge >= 0.3 is 0 Å². The maximum absolute atomic E-state index is 13.0. The number of rotatable bonds is 8. The highest BCUT2D eigenvalue weighted by molar-refractivity contribution is 7.99. The van der Waals surface area contributed by atoms with Gasteiger partial charge in [0.05, 0.1) is 29.3 Å². The van der Waals surface area contributed by atoms with Crippen molar-refractivity contribution in [3.05, 3.63) is 72.9 Å². The molecule has 0 radical (unpaired) electrons. The standard InChI is InChI=1S/C23H20N4OS/c1-2-13-27-21-11-6-4-9-19(21)25-23(27)29-16-22(28)18-15-26(14-7-12-24)20-10-5-3-8-17(18)20/h2-6,8-11,15H,1,7,13-14,16H2. The molecule has 0 N–H and O–H groups in total. The average molecular weight is 401 g/mol. The first-order chi connectivity index (χ1) is 14.2. The Balaban J connectivity index is 1.61. The molecule has 144 valence electrons. The second-order valence-corrected chi connectivity index (χ2v) is 7.60. The second kappa shape index (κ2) is 8.38.